The monoisotopic (exact) mass is 617 g/mol. The van der Waals surface area contributed by atoms with Gasteiger partial charge in [0.25, 0.3) is 0 Å². The molecule has 0 aliphatic heterocycles. The SMILES string of the molecule is CCCS(=O)(=O)N(CCCNc1cc(C)[n+](C)c2ccc(Cl)cc12)CCCNc1cc(C)[n+](C)c2ccc(Cl)cc12. The smallest absolute Gasteiger partial charge is 0.214 e. The van der Waals surface area contributed by atoms with Crippen LogP contribution in [-0.4, -0.2) is 44.7 Å². The molecule has 0 radical (unpaired) electrons. The predicted molar refractivity (Wildman–Crippen MR) is 172 cm³/mol. The molecule has 0 amide bonds. The first-order chi connectivity index (χ1) is 19.5. The van der Waals surface area contributed by atoms with Gasteiger partial charge in [0.1, 0.15) is 14.1 Å². The zero-order chi connectivity index (χ0) is 29.7. The second kappa shape index (κ2) is 13.6. The van der Waals surface area contributed by atoms with Gasteiger partial charge in [0.15, 0.2) is 11.4 Å². The molecule has 2 aromatic heterocycles. The zero-order valence-electron chi connectivity index (χ0n) is 24.6. The highest BCUT2D eigenvalue weighted by atomic mass is 35.5. The van der Waals surface area contributed by atoms with Gasteiger partial charge in [-0.05, 0) is 43.5 Å². The van der Waals surface area contributed by atoms with Crippen molar-refractivity contribution in [1.82, 2.24) is 4.31 Å². The fourth-order valence-electron chi connectivity index (χ4n) is 5.21. The molecule has 4 aromatic rings. The first-order valence-corrected chi connectivity index (χ1v) is 16.5. The van der Waals surface area contributed by atoms with E-state index >= 15 is 0 Å². The molecule has 2 heterocycles. The lowest BCUT2D eigenvalue weighted by Crippen LogP contribution is -2.36. The van der Waals surface area contributed by atoms with Crippen molar-refractivity contribution in [3.63, 3.8) is 0 Å². The summed E-state index contributed by atoms with van der Waals surface area (Å²) in [6, 6.07) is 16.0. The second-order valence-electron chi connectivity index (χ2n) is 10.6. The first-order valence-electron chi connectivity index (χ1n) is 14.1. The maximum Gasteiger partial charge on any atom is 0.214 e. The van der Waals surface area contributed by atoms with Crippen molar-refractivity contribution in [3.8, 4) is 0 Å². The van der Waals surface area contributed by atoms with Crippen LogP contribution in [0.2, 0.25) is 10.0 Å². The van der Waals surface area contributed by atoms with Gasteiger partial charge in [-0.2, -0.15) is 9.13 Å². The third kappa shape index (κ3) is 7.41. The van der Waals surface area contributed by atoms with E-state index in [0.717, 1.165) is 44.6 Å². The number of anilines is 2. The normalized spacial score (nSPS) is 12.0. The summed E-state index contributed by atoms with van der Waals surface area (Å²) in [6.07, 6.45) is 1.97. The second-order valence-corrected chi connectivity index (χ2v) is 13.6. The van der Waals surface area contributed by atoms with Gasteiger partial charge in [0, 0.05) is 74.3 Å². The number of fused-ring (bicyclic) bond motifs is 2. The van der Waals surface area contributed by atoms with Gasteiger partial charge in [-0.3, -0.25) is 0 Å². The molecular formula is C31H41Cl2N5O2S+2. The molecule has 10 heteroatoms. The van der Waals surface area contributed by atoms with Crippen molar-refractivity contribution in [2.45, 2.75) is 40.0 Å². The standard InChI is InChI=1S/C31H39Cl2N5O2S/c1-6-17-41(39,40)38(15-7-13-34-28-18-22(2)36(4)30-11-9-24(32)20-26(28)30)16-8-14-35-29-19-23(3)37(5)31-12-10-25(33)21-27(29)31/h9-12,18-21H,6-8,13-17H2,1-5H3/p+2. The molecule has 0 aliphatic carbocycles. The Labute approximate surface area is 254 Å². The van der Waals surface area contributed by atoms with E-state index in [-0.39, 0.29) is 5.75 Å². The average Bonchev–Trinajstić information content (AvgIpc) is 2.92. The Morgan fingerprint density at radius 3 is 1.61 bits per heavy atom. The minimum Gasteiger partial charge on any atom is -0.384 e. The van der Waals surface area contributed by atoms with Crippen molar-refractivity contribution >= 4 is 66.4 Å². The average molecular weight is 619 g/mol. The Hall–Kier alpha value is -2.65. The van der Waals surface area contributed by atoms with E-state index in [9.17, 15) is 8.42 Å². The number of nitrogens with one attached hydrogen (secondary N) is 2. The van der Waals surface area contributed by atoms with E-state index in [2.05, 4.69) is 45.7 Å². The van der Waals surface area contributed by atoms with Crippen molar-refractivity contribution < 1.29 is 17.6 Å². The number of rotatable bonds is 13. The fourth-order valence-corrected chi connectivity index (χ4v) is 7.14. The highest BCUT2D eigenvalue weighted by Gasteiger charge is 2.21. The molecular weight excluding hydrogens is 577 g/mol. The van der Waals surface area contributed by atoms with Crippen LogP contribution in [-0.2, 0) is 24.1 Å². The molecule has 220 valence electrons. The minimum absolute atomic E-state index is 0.156. The number of sulfonamides is 1. The lowest BCUT2D eigenvalue weighted by molar-refractivity contribution is -0.651. The van der Waals surface area contributed by atoms with Crippen LogP contribution in [0.3, 0.4) is 0 Å². The number of benzene rings is 2. The molecule has 0 unspecified atom stereocenters. The Morgan fingerprint density at radius 2 is 1.20 bits per heavy atom. The van der Waals surface area contributed by atoms with E-state index in [1.165, 1.54) is 0 Å². The molecule has 0 saturated heterocycles. The molecule has 0 saturated carbocycles. The number of halogens is 2. The summed E-state index contributed by atoms with van der Waals surface area (Å²) in [6.45, 7) is 8.27. The molecule has 41 heavy (non-hydrogen) atoms. The molecule has 0 bridgehead atoms. The summed E-state index contributed by atoms with van der Waals surface area (Å²) >= 11 is 12.6. The van der Waals surface area contributed by atoms with Crippen LogP contribution in [0.15, 0.2) is 48.5 Å². The molecule has 7 nitrogen and oxygen atoms in total. The van der Waals surface area contributed by atoms with Gasteiger partial charge in [0.05, 0.1) is 27.9 Å². The summed E-state index contributed by atoms with van der Waals surface area (Å²) in [4.78, 5) is 0. The highest BCUT2D eigenvalue weighted by Crippen LogP contribution is 2.26. The van der Waals surface area contributed by atoms with Crippen LogP contribution >= 0.6 is 23.2 Å². The first kappa shape index (κ1) is 31.3. The minimum atomic E-state index is -3.33. The maximum atomic E-state index is 13.1. The van der Waals surface area contributed by atoms with E-state index in [0.29, 0.717) is 55.5 Å². The van der Waals surface area contributed by atoms with Gasteiger partial charge >= 0.3 is 0 Å². The van der Waals surface area contributed by atoms with Gasteiger partial charge in [-0.25, -0.2) is 12.7 Å². The number of aromatic nitrogens is 2. The summed E-state index contributed by atoms with van der Waals surface area (Å²) in [5.41, 5.74) is 6.44. The molecule has 0 fully saturated rings. The van der Waals surface area contributed by atoms with Gasteiger partial charge in [-0.1, -0.05) is 30.1 Å². The third-order valence-corrected chi connectivity index (χ3v) is 10.2. The van der Waals surface area contributed by atoms with Crippen LogP contribution < -0.4 is 19.8 Å². The molecule has 2 N–H and O–H groups in total. The van der Waals surface area contributed by atoms with Crippen LogP contribution in [0.1, 0.15) is 37.6 Å². The molecule has 0 aliphatic rings. The topological polar surface area (TPSA) is 69.2 Å². The van der Waals surface area contributed by atoms with E-state index in [1.54, 1.807) is 4.31 Å². The van der Waals surface area contributed by atoms with Crippen LogP contribution in [0.25, 0.3) is 21.8 Å². The Morgan fingerprint density at radius 1 is 0.756 bits per heavy atom. The summed E-state index contributed by atoms with van der Waals surface area (Å²) in [5.74, 6) is 0.156. The van der Waals surface area contributed by atoms with Gasteiger partial charge in [-0.15, -0.1) is 0 Å². The number of hydrogen-bond donors (Lipinski definition) is 2. The quantitative estimate of drug-likeness (QED) is 0.144. The van der Waals surface area contributed by atoms with E-state index in [4.69, 9.17) is 23.2 Å². The van der Waals surface area contributed by atoms with Crippen molar-refractivity contribution in [1.29, 1.82) is 0 Å². The van der Waals surface area contributed by atoms with E-state index < -0.39 is 10.0 Å². The fraction of sp³-hybridized carbons (Fsp3) is 0.419. The molecule has 2 aromatic carbocycles. The molecule has 0 spiro atoms. The number of nitrogens with zero attached hydrogens (tertiary/aromatic N) is 3. The molecule has 4 rings (SSSR count). The Balaban J connectivity index is 1.39. The maximum absolute atomic E-state index is 13.1. The highest BCUT2D eigenvalue weighted by molar-refractivity contribution is 7.89. The Kier molecular flexibility index (Phi) is 10.3. The summed E-state index contributed by atoms with van der Waals surface area (Å²) in [7, 11) is 0.746. The van der Waals surface area contributed by atoms with Crippen molar-refractivity contribution in [2.24, 2.45) is 14.1 Å². The van der Waals surface area contributed by atoms with Gasteiger partial charge in [0.2, 0.25) is 21.1 Å². The number of pyridine rings is 2. The summed E-state index contributed by atoms with van der Waals surface area (Å²) < 4.78 is 32.1. The third-order valence-electron chi connectivity index (χ3n) is 7.64. The van der Waals surface area contributed by atoms with E-state index in [1.807, 2.05) is 57.4 Å². The molecule has 0 atom stereocenters. The van der Waals surface area contributed by atoms with Crippen molar-refractivity contribution in [2.75, 3.05) is 42.6 Å². The van der Waals surface area contributed by atoms with Gasteiger partial charge < -0.3 is 10.6 Å². The van der Waals surface area contributed by atoms with Crippen LogP contribution in [0, 0.1) is 13.8 Å². The van der Waals surface area contributed by atoms with Crippen molar-refractivity contribution in [3.05, 3.63) is 70.0 Å². The number of hydrogen-bond acceptors (Lipinski definition) is 4. The largest absolute Gasteiger partial charge is 0.384 e. The Bertz CT molecular complexity index is 1560. The van der Waals surface area contributed by atoms with Crippen LogP contribution in [0.5, 0.6) is 0 Å². The lowest BCUT2D eigenvalue weighted by Gasteiger charge is -2.22. The lowest BCUT2D eigenvalue weighted by atomic mass is 10.1. The summed E-state index contributed by atoms with van der Waals surface area (Å²) in [5, 5.41) is 10.5. The number of aryl methyl sites for hydroxylation is 4. The predicted octanol–water partition coefficient (Wildman–Crippen LogP) is 5.91. The van der Waals surface area contributed by atoms with Crippen LogP contribution in [0.4, 0.5) is 11.4 Å². The zero-order valence-corrected chi connectivity index (χ0v) is 26.9.